The molecule has 2 unspecified atom stereocenters. The lowest BCUT2D eigenvalue weighted by molar-refractivity contribution is -0.384. The molecule has 5 nitrogen and oxygen atoms in total. The highest BCUT2D eigenvalue weighted by molar-refractivity contribution is 5.36. The third kappa shape index (κ3) is 2.29. The van der Waals surface area contributed by atoms with Crippen LogP contribution in [0.4, 0.5) is 5.69 Å². The fourth-order valence-corrected chi connectivity index (χ4v) is 4.35. The Balaban J connectivity index is 1.45. The highest BCUT2D eigenvalue weighted by Gasteiger charge is 2.50. The van der Waals surface area contributed by atoms with Gasteiger partial charge in [-0.05, 0) is 49.7 Å². The van der Waals surface area contributed by atoms with E-state index in [1.54, 1.807) is 12.1 Å². The number of nitrogens with zero attached hydrogens (tertiary/aromatic N) is 1. The quantitative estimate of drug-likeness (QED) is 0.631. The molecule has 2 heterocycles. The lowest BCUT2D eigenvalue weighted by atomic mass is 9.64. The van der Waals surface area contributed by atoms with Gasteiger partial charge in [0.15, 0.2) is 0 Å². The van der Waals surface area contributed by atoms with Gasteiger partial charge in [-0.3, -0.25) is 10.1 Å². The molecule has 0 spiro atoms. The fourth-order valence-electron chi connectivity index (χ4n) is 4.35. The summed E-state index contributed by atoms with van der Waals surface area (Å²) < 4.78 is 12.1. The summed E-state index contributed by atoms with van der Waals surface area (Å²) in [4.78, 5) is 10.3. The smallest absolute Gasteiger partial charge is 0.269 e. The topological polar surface area (TPSA) is 61.6 Å². The maximum Gasteiger partial charge on any atom is 0.269 e. The summed E-state index contributed by atoms with van der Waals surface area (Å²) in [6, 6.07) is 6.27. The molecule has 112 valence electrons. The van der Waals surface area contributed by atoms with E-state index in [0.717, 1.165) is 11.8 Å². The minimum Gasteiger partial charge on any atom is -0.465 e. The molecule has 0 N–H and O–H groups in total. The van der Waals surface area contributed by atoms with Gasteiger partial charge in [0, 0.05) is 18.1 Å². The van der Waals surface area contributed by atoms with E-state index in [2.05, 4.69) is 0 Å². The summed E-state index contributed by atoms with van der Waals surface area (Å²) in [5.41, 5.74) is 0.0861. The second kappa shape index (κ2) is 4.98. The van der Waals surface area contributed by atoms with Crippen molar-refractivity contribution in [1.82, 2.24) is 0 Å². The number of fused-ring (bicyclic) bond motifs is 1. The van der Waals surface area contributed by atoms with Gasteiger partial charge in [-0.25, -0.2) is 0 Å². The Kier molecular flexibility index (Phi) is 3.10. The Labute approximate surface area is 123 Å². The number of nitro benzene ring substituents is 1. The first-order chi connectivity index (χ1) is 10.2. The van der Waals surface area contributed by atoms with Crippen molar-refractivity contribution in [2.45, 2.75) is 44.5 Å². The lowest BCUT2D eigenvalue weighted by Gasteiger charge is -2.53. The first-order valence-electron chi connectivity index (χ1n) is 7.77. The predicted molar refractivity (Wildman–Crippen MR) is 75.9 cm³/mol. The molecule has 0 aromatic heterocycles. The van der Waals surface area contributed by atoms with Crippen LogP contribution in [0.1, 0.15) is 32.1 Å². The van der Waals surface area contributed by atoms with Crippen LogP contribution >= 0.6 is 0 Å². The molecular weight excluding hydrogens is 270 g/mol. The molecule has 4 aliphatic rings. The number of hydrogen-bond donors (Lipinski definition) is 0. The van der Waals surface area contributed by atoms with Gasteiger partial charge in [0.05, 0.1) is 11.0 Å². The average molecular weight is 289 g/mol. The number of non-ortho nitro benzene ring substituents is 1. The zero-order valence-corrected chi connectivity index (χ0v) is 11.8. The van der Waals surface area contributed by atoms with Gasteiger partial charge in [0.25, 0.3) is 5.69 Å². The molecule has 5 heteroatoms. The van der Waals surface area contributed by atoms with Crippen molar-refractivity contribution < 1.29 is 14.4 Å². The molecule has 5 atom stereocenters. The van der Waals surface area contributed by atoms with E-state index in [9.17, 15) is 10.1 Å². The largest absolute Gasteiger partial charge is 0.465 e. The first kappa shape index (κ1) is 13.1. The zero-order chi connectivity index (χ0) is 14.4. The molecule has 2 saturated heterocycles. The van der Waals surface area contributed by atoms with Crippen LogP contribution in [-0.4, -0.2) is 17.3 Å². The monoisotopic (exact) mass is 289 g/mol. The highest BCUT2D eigenvalue weighted by atomic mass is 16.7. The third-order valence-corrected chi connectivity index (χ3v) is 5.27. The number of rotatable bonds is 3. The maximum atomic E-state index is 10.7. The van der Waals surface area contributed by atoms with E-state index >= 15 is 0 Å². The number of nitro groups is 1. The van der Waals surface area contributed by atoms with Crippen LogP contribution in [-0.2, 0) is 4.74 Å². The van der Waals surface area contributed by atoms with Crippen LogP contribution in [0.25, 0.3) is 0 Å². The van der Waals surface area contributed by atoms with Crippen molar-refractivity contribution in [3.8, 4) is 5.75 Å². The summed E-state index contributed by atoms with van der Waals surface area (Å²) in [5.74, 6) is 2.57. The van der Waals surface area contributed by atoms with Crippen molar-refractivity contribution in [3.05, 3.63) is 34.4 Å². The van der Waals surface area contributed by atoms with Crippen LogP contribution in [0.5, 0.6) is 5.75 Å². The Morgan fingerprint density at radius 1 is 1.10 bits per heavy atom. The maximum absolute atomic E-state index is 10.7. The van der Waals surface area contributed by atoms with Gasteiger partial charge >= 0.3 is 0 Å². The van der Waals surface area contributed by atoms with Gasteiger partial charge in [-0.1, -0.05) is 6.42 Å². The van der Waals surface area contributed by atoms with Gasteiger partial charge in [-0.15, -0.1) is 0 Å². The molecule has 2 saturated carbocycles. The van der Waals surface area contributed by atoms with Gasteiger partial charge in [0.2, 0.25) is 6.29 Å². The minimum atomic E-state index is -0.399. The van der Waals surface area contributed by atoms with Crippen LogP contribution in [0.3, 0.4) is 0 Å². The van der Waals surface area contributed by atoms with Crippen LogP contribution in [0.2, 0.25) is 0 Å². The standard InChI is InChI=1S/C16H19NO4/c18-17(19)13-4-6-14(7-5-13)20-16-12-8-10-2-1-3-11(9-12)15(10)21-16/h4-7,10-12,15-16H,1-3,8-9H2/t10-,11+,12?,15?,16-/m1/s1. The lowest BCUT2D eigenvalue weighted by Crippen LogP contribution is -2.54. The molecule has 1 aromatic carbocycles. The summed E-state index contributed by atoms with van der Waals surface area (Å²) in [5, 5.41) is 10.7. The molecule has 2 aliphatic carbocycles. The van der Waals surface area contributed by atoms with E-state index < -0.39 is 4.92 Å². The van der Waals surface area contributed by atoms with Crippen molar-refractivity contribution in [2.24, 2.45) is 17.8 Å². The Bertz CT molecular complexity index is 530. The van der Waals surface area contributed by atoms with E-state index in [1.165, 1.54) is 44.2 Å². The second-order valence-corrected chi connectivity index (χ2v) is 6.52. The van der Waals surface area contributed by atoms with Crippen molar-refractivity contribution in [2.75, 3.05) is 0 Å². The molecule has 5 rings (SSSR count). The average Bonchev–Trinajstić information content (AvgIpc) is 2.47. The number of ether oxygens (including phenoxy) is 2. The third-order valence-electron chi connectivity index (χ3n) is 5.27. The van der Waals surface area contributed by atoms with E-state index in [-0.39, 0.29) is 12.0 Å². The minimum absolute atomic E-state index is 0.0861. The molecule has 2 aliphatic heterocycles. The Hall–Kier alpha value is -1.62. The van der Waals surface area contributed by atoms with E-state index in [4.69, 9.17) is 9.47 Å². The number of hydrogen-bond acceptors (Lipinski definition) is 4. The Morgan fingerprint density at radius 3 is 2.33 bits per heavy atom. The molecule has 1 aromatic rings. The molecule has 4 fully saturated rings. The summed E-state index contributed by atoms with van der Waals surface area (Å²) in [6.45, 7) is 0. The molecular formula is C16H19NO4. The van der Waals surface area contributed by atoms with Crippen LogP contribution < -0.4 is 4.74 Å². The SMILES string of the molecule is O=[N+]([O-])c1ccc(O[C@@H]2OC3[C@@H]4CCC[C@H]3CC2C4)cc1. The fraction of sp³-hybridized carbons (Fsp3) is 0.625. The normalized spacial score (nSPS) is 37.2. The molecule has 4 bridgehead atoms. The molecule has 0 amide bonds. The van der Waals surface area contributed by atoms with Crippen LogP contribution in [0, 0.1) is 27.9 Å². The van der Waals surface area contributed by atoms with Crippen LogP contribution in [0.15, 0.2) is 24.3 Å². The Morgan fingerprint density at radius 2 is 1.76 bits per heavy atom. The zero-order valence-electron chi connectivity index (χ0n) is 11.8. The molecule has 21 heavy (non-hydrogen) atoms. The van der Waals surface area contributed by atoms with Gasteiger partial charge in [0.1, 0.15) is 5.75 Å². The summed E-state index contributed by atoms with van der Waals surface area (Å²) >= 11 is 0. The van der Waals surface area contributed by atoms with Crippen molar-refractivity contribution in [1.29, 1.82) is 0 Å². The van der Waals surface area contributed by atoms with E-state index in [1.807, 2.05) is 0 Å². The highest BCUT2D eigenvalue weighted by Crippen LogP contribution is 2.50. The molecule has 0 radical (unpaired) electrons. The summed E-state index contributed by atoms with van der Waals surface area (Å²) in [6.07, 6.45) is 6.53. The van der Waals surface area contributed by atoms with Gasteiger partial charge < -0.3 is 9.47 Å². The number of benzene rings is 1. The summed E-state index contributed by atoms with van der Waals surface area (Å²) in [7, 11) is 0. The van der Waals surface area contributed by atoms with Gasteiger partial charge in [-0.2, -0.15) is 0 Å². The van der Waals surface area contributed by atoms with E-state index in [0.29, 0.717) is 17.8 Å². The van der Waals surface area contributed by atoms with Crippen molar-refractivity contribution in [3.63, 3.8) is 0 Å². The first-order valence-corrected chi connectivity index (χ1v) is 7.77. The van der Waals surface area contributed by atoms with Crippen molar-refractivity contribution >= 4 is 5.69 Å². The predicted octanol–water partition coefficient (Wildman–Crippen LogP) is 3.52. The second-order valence-electron chi connectivity index (χ2n) is 6.52.